The highest BCUT2D eigenvalue weighted by Crippen LogP contribution is 2.30. The van der Waals surface area contributed by atoms with Crippen LogP contribution in [0, 0.1) is 5.92 Å². The molecule has 3 heterocycles. The van der Waals surface area contributed by atoms with Gasteiger partial charge in [0.05, 0.1) is 12.2 Å². The standard InChI is InChI=1S/C23H27FN4O4S/c1-12(2)8-16(22(31)28-9-15(24)20-19(28)18(29)10-32-20)26-21(30)14-6-4-13(5-7-14)17-11-33-23(25-3)27-17/h4-7,11-12,15-16,19-20H,8-10H2,1-3H3,(H,25,27)(H,26,30)/t15-,16?,19+,20+/m0/s1. The number of carbonyl (C=O) groups is 3. The molecular formula is C23H27FN4O4S. The second kappa shape index (κ2) is 9.56. The zero-order valence-corrected chi connectivity index (χ0v) is 19.5. The summed E-state index contributed by atoms with van der Waals surface area (Å²) in [5.74, 6) is -1.06. The number of thiazole rings is 1. The summed E-state index contributed by atoms with van der Waals surface area (Å²) in [4.78, 5) is 44.1. The number of hydrogen-bond acceptors (Lipinski definition) is 7. The summed E-state index contributed by atoms with van der Waals surface area (Å²) in [6.07, 6.45) is -1.96. The Balaban J connectivity index is 1.48. The van der Waals surface area contributed by atoms with Gasteiger partial charge in [-0.05, 0) is 24.5 Å². The van der Waals surface area contributed by atoms with E-state index < -0.39 is 36.2 Å². The third kappa shape index (κ3) is 4.77. The van der Waals surface area contributed by atoms with Crippen LogP contribution in [0.3, 0.4) is 0 Å². The number of ketones is 1. The molecule has 4 atom stereocenters. The number of ether oxygens (including phenoxy) is 1. The van der Waals surface area contributed by atoms with Crippen molar-refractivity contribution in [3.63, 3.8) is 0 Å². The maximum atomic E-state index is 14.4. The van der Waals surface area contributed by atoms with Gasteiger partial charge in [-0.25, -0.2) is 9.37 Å². The van der Waals surface area contributed by atoms with E-state index in [1.54, 1.807) is 31.3 Å². The molecule has 4 rings (SSSR count). The van der Waals surface area contributed by atoms with Crippen LogP contribution in [-0.4, -0.2) is 72.0 Å². The summed E-state index contributed by atoms with van der Waals surface area (Å²) in [7, 11) is 1.80. The fourth-order valence-electron chi connectivity index (χ4n) is 4.27. The fourth-order valence-corrected chi connectivity index (χ4v) is 4.95. The minimum Gasteiger partial charge on any atom is -0.365 e. The van der Waals surface area contributed by atoms with Gasteiger partial charge in [-0.15, -0.1) is 11.3 Å². The maximum absolute atomic E-state index is 14.4. The van der Waals surface area contributed by atoms with Gasteiger partial charge in [-0.3, -0.25) is 14.4 Å². The molecule has 0 saturated carbocycles. The highest BCUT2D eigenvalue weighted by atomic mass is 32.1. The predicted molar refractivity (Wildman–Crippen MR) is 123 cm³/mol. The van der Waals surface area contributed by atoms with E-state index in [0.717, 1.165) is 16.4 Å². The van der Waals surface area contributed by atoms with Crippen molar-refractivity contribution in [2.24, 2.45) is 5.92 Å². The molecule has 2 aliphatic heterocycles. The van der Waals surface area contributed by atoms with Crippen LogP contribution in [0.2, 0.25) is 0 Å². The summed E-state index contributed by atoms with van der Waals surface area (Å²) in [6, 6.07) is 5.17. The maximum Gasteiger partial charge on any atom is 0.251 e. The highest BCUT2D eigenvalue weighted by Gasteiger charge is 2.53. The van der Waals surface area contributed by atoms with E-state index in [0.29, 0.717) is 12.0 Å². The lowest BCUT2D eigenvalue weighted by Crippen LogP contribution is -2.52. The van der Waals surface area contributed by atoms with E-state index in [4.69, 9.17) is 4.74 Å². The second-order valence-electron chi connectivity index (χ2n) is 8.71. The molecule has 2 amide bonds. The zero-order valence-electron chi connectivity index (χ0n) is 18.7. The molecule has 0 aliphatic carbocycles. The van der Waals surface area contributed by atoms with Crippen LogP contribution in [0.5, 0.6) is 0 Å². The molecule has 0 spiro atoms. The smallest absolute Gasteiger partial charge is 0.251 e. The number of carbonyl (C=O) groups excluding carboxylic acids is 3. The number of hydrogen-bond donors (Lipinski definition) is 2. The Labute approximate surface area is 195 Å². The molecule has 1 aromatic heterocycles. The summed E-state index contributed by atoms with van der Waals surface area (Å²) >= 11 is 1.49. The van der Waals surface area contributed by atoms with E-state index in [9.17, 15) is 18.8 Å². The SMILES string of the molecule is CNc1nc(-c2ccc(C(=O)NC(CC(C)C)C(=O)N3C[C@H](F)[C@H]4OCC(=O)[C@H]43)cc2)cs1. The van der Waals surface area contributed by atoms with Crippen LogP contribution >= 0.6 is 11.3 Å². The van der Waals surface area contributed by atoms with E-state index in [-0.39, 0.29) is 24.9 Å². The van der Waals surface area contributed by atoms with Crippen LogP contribution in [0.15, 0.2) is 29.6 Å². The number of alkyl halides is 1. The first-order chi connectivity index (χ1) is 15.8. The summed E-state index contributed by atoms with van der Waals surface area (Å²) in [6.45, 7) is 3.47. The highest BCUT2D eigenvalue weighted by molar-refractivity contribution is 7.14. The Morgan fingerprint density at radius 2 is 2.03 bits per heavy atom. The van der Waals surface area contributed by atoms with Gasteiger partial charge in [0.15, 0.2) is 10.9 Å². The Bertz CT molecular complexity index is 1040. The van der Waals surface area contributed by atoms with Gasteiger partial charge in [0.2, 0.25) is 5.91 Å². The van der Waals surface area contributed by atoms with E-state index in [2.05, 4.69) is 15.6 Å². The molecule has 2 N–H and O–H groups in total. The lowest BCUT2D eigenvalue weighted by molar-refractivity contribution is -0.138. The van der Waals surface area contributed by atoms with Crippen molar-refractivity contribution in [2.75, 3.05) is 25.5 Å². The first kappa shape index (κ1) is 23.3. The number of likely N-dealkylation sites (tertiary alicyclic amines) is 1. The molecular weight excluding hydrogens is 447 g/mol. The van der Waals surface area contributed by atoms with Gasteiger partial charge in [-0.1, -0.05) is 26.0 Å². The molecule has 8 nitrogen and oxygen atoms in total. The second-order valence-corrected chi connectivity index (χ2v) is 9.57. The number of fused-ring (bicyclic) bond motifs is 1. The molecule has 0 bridgehead atoms. The number of rotatable bonds is 7. The monoisotopic (exact) mass is 474 g/mol. The fraction of sp³-hybridized carbons (Fsp3) is 0.478. The number of nitrogens with zero attached hydrogens (tertiary/aromatic N) is 2. The Kier molecular flexibility index (Phi) is 6.76. The van der Waals surface area contributed by atoms with Gasteiger partial charge in [-0.2, -0.15) is 0 Å². The average Bonchev–Trinajstić information content (AvgIpc) is 3.50. The molecule has 2 fully saturated rings. The number of halogens is 1. The van der Waals surface area contributed by atoms with Gasteiger partial charge in [0.1, 0.15) is 31.0 Å². The van der Waals surface area contributed by atoms with Gasteiger partial charge in [0.25, 0.3) is 5.91 Å². The lowest BCUT2D eigenvalue weighted by atomic mass is 10.0. The van der Waals surface area contributed by atoms with Gasteiger partial charge in [0, 0.05) is 23.6 Å². The minimum atomic E-state index is -1.41. The Hall–Kier alpha value is -2.85. The first-order valence-corrected chi connectivity index (χ1v) is 11.8. The normalized spacial score (nSPS) is 23.0. The van der Waals surface area contributed by atoms with Crippen LogP contribution in [0.25, 0.3) is 11.3 Å². The average molecular weight is 475 g/mol. The van der Waals surface area contributed by atoms with E-state index >= 15 is 0 Å². The number of benzene rings is 1. The van der Waals surface area contributed by atoms with Crippen LogP contribution in [0.4, 0.5) is 9.52 Å². The van der Waals surface area contributed by atoms with E-state index in [1.165, 1.54) is 16.2 Å². The van der Waals surface area contributed by atoms with Crippen LogP contribution in [-0.2, 0) is 14.3 Å². The topological polar surface area (TPSA) is 101 Å². The van der Waals surface area contributed by atoms with Crippen molar-refractivity contribution in [3.05, 3.63) is 35.2 Å². The number of anilines is 1. The third-order valence-electron chi connectivity index (χ3n) is 5.88. The molecule has 10 heteroatoms. The van der Waals surface area contributed by atoms with Crippen molar-refractivity contribution in [1.29, 1.82) is 0 Å². The summed E-state index contributed by atoms with van der Waals surface area (Å²) in [5.41, 5.74) is 2.07. The Morgan fingerprint density at radius 3 is 2.67 bits per heavy atom. The molecule has 2 aromatic rings. The molecule has 0 radical (unpaired) electrons. The van der Waals surface area contributed by atoms with Crippen LogP contribution in [0.1, 0.15) is 30.6 Å². The molecule has 1 aromatic carbocycles. The number of Topliss-reactive ketones (excluding diaryl/α,β-unsaturated/α-hetero) is 1. The third-order valence-corrected chi connectivity index (χ3v) is 6.74. The first-order valence-electron chi connectivity index (χ1n) is 10.9. The van der Waals surface area contributed by atoms with Crippen molar-refractivity contribution in [2.45, 2.75) is 44.6 Å². The largest absolute Gasteiger partial charge is 0.365 e. The van der Waals surface area contributed by atoms with Crippen molar-refractivity contribution >= 4 is 34.1 Å². The number of amides is 2. The Morgan fingerprint density at radius 1 is 1.30 bits per heavy atom. The minimum absolute atomic E-state index is 0.0998. The number of nitrogens with one attached hydrogen (secondary N) is 2. The van der Waals surface area contributed by atoms with Gasteiger partial charge >= 0.3 is 0 Å². The quantitative estimate of drug-likeness (QED) is 0.640. The summed E-state index contributed by atoms with van der Waals surface area (Å²) < 4.78 is 19.6. The van der Waals surface area contributed by atoms with Gasteiger partial charge < -0.3 is 20.3 Å². The van der Waals surface area contributed by atoms with Crippen molar-refractivity contribution in [3.8, 4) is 11.3 Å². The zero-order chi connectivity index (χ0) is 23.7. The molecule has 176 valence electrons. The van der Waals surface area contributed by atoms with E-state index in [1.807, 2.05) is 19.2 Å². The van der Waals surface area contributed by atoms with Crippen molar-refractivity contribution < 1.29 is 23.5 Å². The molecule has 2 aliphatic rings. The molecule has 2 saturated heterocycles. The molecule has 1 unspecified atom stereocenters. The predicted octanol–water partition coefficient (Wildman–Crippen LogP) is 2.51. The molecule has 33 heavy (non-hydrogen) atoms. The lowest BCUT2D eigenvalue weighted by Gasteiger charge is -2.28. The summed E-state index contributed by atoms with van der Waals surface area (Å²) in [5, 5.41) is 8.51. The van der Waals surface area contributed by atoms with Crippen LogP contribution < -0.4 is 10.6 Å². The van der Waals surface area contributed by atoms with Crippen molar-refractivity contribution in [1.82, 2.24) is 15.2 Å². The number of aromatic nitrogens is 1.